The van der Waals surface area contributed by atoms with Crippen LogP contribution in [0.1, 0.15) is 26.7 Å². The van der Waals surface area contributed by atoms with E-state index in [1.165, 1.54) is 23.1 Å². The number of anilines is 2. The summed E-state index contributed by atoms with van der Waals surface area (Å²) >= 11 is 0. The smallest absolute Gasteiger partial charge is 0.387 e. The summed E-state index contributed by atoms with van der Waals surface area (Å²) in [7, 11) is 0. The van der Waals surface area contributed by atoms with Gasteiger partial charge in [0.05, 0.1) is 12.3 Å². The minimum absolute atomic E-state index is 0.0491. The first-order valence-corrected chi connectivity index (χ1v) is 11.0. The molecular weight excluding hydrogens is 438 g/mol. The van der Waals surface area contributed by atoms with Crippen LogP contribution in [-0.4, -0.2) is 68.1 Å². The van der Waals surface area contributed by atoms with Crippen molar-refractivity contribution in [3.63, 3.8) is 0 Å². The number of carbonyl (C=O) groups excluding carboxylic acids is 3. The molecule has 182 valence electrons. The Bertz CT molecular complexity index is 874. The monoisotopic (exact) mass is 468 g/mol. The Hall–Kier alpha value is -2.79. The number of amides is 3. The second kappa shape index (κ2) is 10.9. The first kappa shape index (κ1) is 24.8. The van der Waals surface area contributed by atoms with Crippen LogP contribution < -0.4 is 20.7 Å². The van der Waals surface area contributed by atoms with Crippen molar-refractivity contribution in [2.75, 3.05) is 43.1 Å². The van der Waals surface area contributed by atoms with Gasteiger partial charge in [0.2, 0.25) is 5.91 Å². The minimum atomic E-state index is -3.16. The third-order valence-electron chi connectivity index (χ3n) is 5.41. The predicted molar refractivity (Wildman–Crippen MR) is 117 cm³/mol. The molecule has 0 radical (unpaired) electrons. The molecule has 3 amide bonds. The number of rotatable bonds is 11. The van der Waals surface area contributed by atoms with Gasteiger partial charge in [0, 0.05) is 31.4 Å². The highest BCUT2D eigenvalue weighted by atomic mass is 19.3. The fourth-order valence-electron chi connectivity index (χ4n) is 3.83. The normalized spacial score (nSPS) is 17.5. The van der Waals surface area contributed by atoms with Crippen LogP contribution in [0.5, 0.6) is 5.75 Å². The van der Waals surface area contributed by atoms with Crippen molar-refractivity contribution in [1.29, 1.82) is 0 Å². The Morgan fingerprint density at radius 1 is 1.33 bits per heavy atom. The second-order valence-electron chi connectivity index (χ2n) is 8.74. The average molecular weight is 469 g/mol. The lowest BCUT2D eigenvalue weighted by Crippen LogP contribution is -2.53. The van der Waals surface area contributed by atoms with Gasteiger partial charge in [0.25, 0.3) is 11.8 Å². The Balaban J connectivity index is 1.84. The van der Waals surface area contributed by atoms with Crippen LogP contribution >= 0.6 is 0 Å². The summed E-state index contributed by atoms with van der Waals surface area (Å²) in [5.41, 5.74) is 5.85. The fourth-order valence-corrected chi connectivity index (χ4v) is 3.83. The molecule has 0 aromatic heterocycles. The minimum Gasteiger partial charge on any atom is -0.433 e. The predicted octanol–water partition coefficient (Wildman–Crippen LogP) is 1.81. The lowest BCUT2D eigenvalue weighted by molar-refractivity contribution is -0.133. The van der Waals surface area contributed by atoms with Crippen LogP contribution in [0, 0.1) is 11.8 Å². The molecule has 0 bridgehead atoms. The molecule has 9 nitrogen and oxygen atoms in total. The molecule has 1 aromatic rings. The van der Waals surface area contributed by atoms with E-state index in [1.807, 2.05) is 13.8 Å². The summed E-state index contributed by atoms with van der Waals surface area (Å²) in [6, 6.07) is 2.86. The molecule has 3 N–H and O–H groups in total. The number of halogens is 2. The van der Waals surface area contributed by atoms with E-state index in [0.29, 0.717) is 31.3 Å². The van der Waals surface area contributed by atoms with Crippen molar-refractivity contribution < 1.29 is 32.6 Å². The Morgan fingerprint density at radius 3 is 2.64 bits per heavy atom. The fraction of sp³-hybridized carbons (Fsp3) is 0.591. The van der Waals surface area contributed by atoms with Gasteiger partial charge in [-0.05, 0) is 36.8 Å². The highest BCUT2D eigenvalue weighted by molar-refractivity contribution is 6.10. The van der Waals surface area contributed by atoms with Crippen LogP contribution in [0.25, 0.3) is 0 Å². The van der Waals surface area contributed by atoms with Gasteiger partial charge in [-0.3, -0.25) is 19.3 Å². The molecule has 0 unspecified atom stereocenters. The maximum atomic E-state index is 13.1. The Kier molecular flexibility index (Phi) is 8.20. The number of morpholine rings is 1. The zero-order chi connectivity index (χ0) is 24.1. The van der Waals surface area contributed by atoms with E-state index < -0.39 is 24.5 Å². The third-order valence-corrected chi connectivity index (χ3v) is 5.41. The van der Waals surface area contributed by atoms with Crippen molar-refractivity contribution in [3.8, 4) is 5.75 Å². The molecular formula is C22H30F2N4O5. The summed E-state index contributed by atoms with van der Waals surface area (Å²) < 4.78 is 35.9. The van der Waals surface area contributed by atoms with Gasteiger partial charge >= 0.3 is 6.61 Å². The quantitative estimate of drug-likeness (QED) is 0.479. The molecule has 1 aliphatic heterocycles. The van der Waals surface area contributed by atoms with E-state index in [9.17, 15) is 23.2 Å². The lowest BCUT2D eigenvalue weighted by atomic mass is 10.1. The number of alkyl halides is 2. The highest BCUT2D eigenvalue weighted by Crippen LogP contribution is 2.33. The molecule has 1 aromatic carbocycles. The number of benzene rings is 1. The topological polar surface area (TPSA) is 114 Å². The molecule has 1 aliphatic carbocycles. The Morgan fingerprint density at radius 2 is 2.06 bits per heavy atom. The van der Waals surface area contributed by atoms with Crippen LogP contribution in [0.3, 0.4) is 0 Å². The number of nitrogens with two attached hydrogens (primary N) is 1. The lowest BCUT2D eigenvalue weighted by Gasteiger charge is -2.30. The molecule has 2 fully saturated rings. The van der Waals surface area contributed by atoms with Crippen molar-refractivity contribution >= 4 is 29.1 Å². The van der Waals surface area contributed by atoms with Crippen molar-refractivity contribution in [3.05, 3.63) is 18.2 Å². The summed E-state index contributed by atoms with van der Waals surface area (Å²) in [5.74, 6) is -1.60. The zero-order valence-electron chi connectivity index (χ0n) is 18.8. The highest BCUT2D eigenvalue weighted by Gasteiger charge is 2.36. The number of nitrogens with zero attached hydrogens (tertiary/aromatic N) is 2. The zero-order valence-corrected chi connectivity index (χ0v) is 18.8. The molecule has 33 heavy (non-hydrogen) atoms. The average Bonchev–Trinajstić information content (AvgIpc) is 3.52. The van der Waals surface area contributed by atoms with Crippen LogP contribution in [0.2, 0.25) is 0 Å². The van der Waals surface area contributed by atoms with E-state index >= 15 is 0 Å². The van der Waals surface area contributed by atoms with Gasteiger partial charge in [0.1, 0.15) is 6.61 Å². The molecule has 3 rings (SSSR count). The number of ether oxygens (including phenoxy) is 2. The van der Waals surface area contributed by atoms with E-state index in [2.05, 4.69) is 10.1 Å². The largest absolute Gasteiger partial charge is 0.433 e. The summed E-state index contributed by atoms with van der Waals surface area (Å²) in [6.45, 7) is 2.27. The summed E-state index contributed by atoms with van der Waals surface area (Å²) in [6.07, 6.45) is 2.05. The van der Waals surface area contributed by atoms with Gasteiger partial charge < -0.3 is 25.4 Å². The summed E-state index contributed by atoms with van der Waals surface area (Å²) in [4.78, 5) is 40.5. The number of hydrogen-bond donors (Lipinski definition) is 2. The van der Waals surface area contributed by atoms with E-state index in [-0.39, 0.29) is 36.4 Å². The number of nitrogens with one attached hydrogen (secondary N) is 1. The van der Waals surface area contributed by atoms with E-state index in [1.54, 1.807) is 4.90 Å². The number of carbonyl (C=O) groups is 3. The number of primary amides is 1. The van der Waals surface area contributed by atoms with Gasteiger partial charge in [-0.25, -0.2) is 0 Å². The number of hydrogen-bond acceptors (Lipinski definition) is 6. The van der Waals surface area contributed by atoms with Crippen molar-refractivity contribution in [1.82, 2.24) is 4.90 Å². The van der Waals surface area contributed by atoms with Gasteiger partial charge in [0.15, 0.2) is 11.8 Å². The van der Waals surface area contributed by atoms with Crippen LogP contribution in [-0.2, 0) is 19.1 Å². The van der Waals surface area contributed by atoms with Gasteiger partial charge in [-0.1, -0.05) is 13.8 Å². The van der Waals surface area contributed by atoms with Crippen LogP contribution in [0.4, 0.5) is 20.2 Å². The van der Waals surface area contributed by atoms with Gasteiger partial charge in [-0.15, -0.1) is 0 Å². The third kappa shape index (κ3) is 6.84. The van der Waals surface area contributed by atoms with Gasteiger partial charge in [-0.2, -0.15) is 8.78 Å². The molecule has 1 saturated carbocycles. The molecule has 1 saturated heterocycles. The standard InChI is InChI=1S/C22H30F2N4O5/c1-13(2)10-27(11-14-3-4-14)19(20(25)30)21(31)26-16-6-5-15(9-17(16)33-22(23)24)28-7-8-32-12-18(28)29/h5-6,9,13-14,19,22H,3-4,7-8,10-12H2,1-2H3,(H2,25,30)(H,26,31)/t19-/m0/s1. The SMILES string of the molecule is CC(C)CN(CC1CC1)[C@@H](C(N)=O)C(=O)Nc1ccc(N2CCOCC2=O)cc1OC(F)F. The van der Waals surface area contributed by atoms with E-state index in [4.69, 9.17) is 10.5 Å². The first-order valence-electron chi connectivity index (χ1n) is 11.0. The van der Waals surface area contributed by atoms with E-state index in [0.717, 1.165) is 12.8 Å². The van der Waals surface area contributed by atoms with Crippen molar-refractivity contribution in [2.24, 2.45) is 17.6 Å². The Labute approximate surface area is 191 Å². The van der Waals surface area contributed by atoms with Crippen molar-refractivity contribution in [2.45, 2.75) is 39.3 Å². The molecule has 0 spiro atoms. The molecule has 1 heterocycles. The molecule has 1 atom stereocenters. The molecule has 2 aliphatic rings. The maximum absolute atomic E-state index is 13.1. The van der Waals surface area contributed by atoms with Crippen LogP contribution in [0.15, 0.2) is 18.2 Å². The molecule has 11 heteroatoms. The first-order chi connectivity index (χ1) is 15.7. The summed E-state index contributed by atoms with van der Waals surface area (Å²) in [5, 5.41) is 2.52. The second-order valence-corrected chi connectivity index (χ2v) is 8.74. The maximum Gasteiger partial charge on any atom is 0.387 e.